The fourth-order valence-electron chi connectivity index (χ4n) is 4.55. The fourth-order valence-corrected chi connectivity index (χ4v) is 5.16. The average molecular weight is 393 g/mol. The Hall–Kier alpha value is -1.51. The molecule has 4 heterocycles. The van der Waals surface area contributed by atoms with Crippen LogP contribution in [0, 0.1) is 18.3 Å². The number of aromatic nitrogens is 1. The number of carbonyl (C=O) groups is 2. The number of ether oxygens (including phenoxy) is 1. The Balaban J connectivity index is 1.46. The Kier molecular flexibility index (Phi) is 5.22. The predicted octanol–water partition coefficient (Wildman–Crippen LogP) is 0.633. The lowest BCUT2D eigenvalue weighted by atomic mass is 9.79. The van der Waals surface area contributed by atoms with Gasteiger partial charge in [-0.1, -0.05) is 0 Å². The van der Waals surface area contributed by atoms with E-state index in [4.69, 9.17) is 4.74 Å². The minimum atomic E-state index is -0.559. The molecule has 0 N–H and O–H groups in total. The van der Waals surface area contributed by atoms with Crippen molar-refractivity contribution >= 4 is 23.2 Å². The zero-order valence-electron chi connectivity index (χ0n) is 16.1. The van der Waals surface area contributed by atoms with E-state index in [2.05, 4.69) is 16.9 Å². The summed E-state index contributed by atoms with van der Waals surface area (Å²) < 4.78 is 5.72. The van der Waals surface area contributed by atoms with E-state index < -0.39 is 5.41 Å². The van der Waals surface area contributed by atoms with Crippen LogP contribution in [0.1, 0.15) is 17.1 Å². The molecule has 2 amide bonds. The largest absolute Gasteiger partial charge is 0.380 e. The van der Waals surface area contributed by atoms with Crippen molar-refractivity contribution in [3.8, 4) is 0 Å². The molecule has 0 bridgehead atoms. The Morgan fingerprint density at radius 3 is 2.93 bits per heavy atom. The van der Waals surface area contributed by atoms with Gasteiger partial charge in [0.2, 0.25) is 11.8 Å². The third kappa shape index (κ3) is 3.62. The molecule has 0 aliphatic carbocycles. The summed E-state index contributed by atoms with van der Waals surface area (Å²) in [5.41, 5.74) is 0.267. The molecule has 3 fully saturated rings. The first-order chi connectivity index (χ1) is 13.0. The lowest BCUT2D eigenvalue weighted by Gasteiger charge is -2.32. The number of thiazole rings is 1. The minimum Gasteiger partial charge on any atom is -0.380 e. The SMILES string of the molecule is Cc1nc(CC(=O)N2C[C@H]3COC[C@@]3(C(=O)N3CCCN(C)CC3)C2)cs1. The van der Waals surface area contributed by atoms with Crippen molar-refractivity contribution in [1.82, 2.24) is 19.7 Å². The Bertz CT molecular complexity index is 724. The molecule has 27 heavy (non-hydrogen) atoms. The van der Waals surface area contributed by atoms with E-state index in [0.29, 0.717) is 32.7 Å². The van der Waals surface area contributed by atoms with Gasteiger partial charge in [0.1, 0.15) is 0 Å². The molecular formula is C19H28N4O3S. The number of likely N-dealkylation sites (tertiary alicyclic amines) is 1. The predicted molar refractivity (Wildman–Crippen MR) is 103 cm³/mol. The van der Waals surface area contributed by atoms with Crippen molar-refractivity contribution in [3.63, 3.8) is 0 Å². The summed E-state index contributed by atoms with van der Waals surface area (Å²) in [4.78, 5) is 36.8. The topological polar surface area (TPSA) is 66.0 Å². The maximum Gasteiger partial charge on any atom is 0.233 e. The number of rotatable bonds is 3. The van der Waals surface area contributed by atoms with Gasteiger partial charge in [-0.2, -0.15) is 0 Å². The van der Waals surface area contributed by atoms with Crippen molar-refractivity contribution in [1.29, 1.82) is 0 Å². The van der Waals surface area contributed by atoms with Crippen LogP contribution in [0.2, 0.25) is 0 Å². The van der Waals surface area contributed by atoms with Gasteiger partial charge >= 0.3 is 0 Å². The number of nitrogens with zero attached hydrogens (tertiary/aromatic N) is 4. The first-order valence-electron chi connectivity index (χ1n) is 9.72. The molecule has 1 aromatic heterocycles. The number of amides is 2. The van der Waals surface area contributed by atoms with Gasteiger partial charge in [-0.05, 0) is 26.9 Å². The van der Waals surface area contributed by atoms with Crippen molar-refractivity contribution in [2.24, 2.45) is 11.3 Å². The average Bonchev–Trinajstić information content (AvgIpc) is 3.27. The summed E-state index contributed by atoms with van der Waals surface area (Å²) in [6.45, 7) is 7.52. The quantitative estimate of drug-likeness (QED) is 0.755. The molecule has 0 aromatic carbocycles. The van der Waals surface area contributed by atoms with Crippen LogP contribution in [0.5, 0.6) is 0 Å². The van der Waals surface area contributed by atoms with E-state index in [1.807, 2.05) is 22.1 Å². The highest BCUT2D eigenvalue weighted by Gasteiger charge is 2.57. The van der Waals surface area contributed by atoms with Gasteiger partial charge in [-0.25, -0.2) is 4.98 Å². The van der Waals surface area contributed by atoms with Gasteiger partial charge in [0, 0.05) is 44.0 Å². The van der Waals surface area contributed by atoms with Crippen LogP contribution in [0.25, 0.3) is 0 Å². The molecular weight excluding hydrogens is 364 g/mol. The minimum absolute atomic E-state index is 0.0671. The molecule has 0 saturated carbocycles. The summed E-state index contributed by atoms with van der Waals surface area (Å²) in [5.74, 6) is 0.352. The molecule has 1 aromatic rings. The molecule has 4 rings (SSSR count). The Labute approximate surface area is 164 Å². The van der Waals surface area contributed by atoms with Crippen LogP contribution in [0.3, 0.4) is 0 Å². The van der Waals surface area contributed by atoms with Crippen LogP contribution in [0.15, 0.2) is 5.38 Å². The van der Waals surface area contributed by atoms with Gasteiger partial charge in [0.05, 0.1) is 35.8 Å². The smallest absolute Gasteiger partial charge is 0.233 e. The molecule has 3 aliphatic rings. The molecule has 7 nitrogen and oxygen atoms in total. The maximum atomic E-state index is 13.5. The molecule has 0 unspecified atom stereocenters. The first kappa shape index (κ1) is 18.8. The first-order valence-corrected chi connectivity index (χ1v) is 10.6. The summed E-state index contributed by atoms with van der Waals surface area (Å²) in [6.07, 6.45) is 1.31. The van der Waals surface area contributed by atoms with E-state index in [1.54, 1.807) is 11.3 Å². The Morgan fingerprint density at radius 2 is 2.15 bits per heavy atom. The molecule has 0 radical (unpaired) electrons. The summed E-state index contributed by atoms with van der Waals surface area (Å²) in [5, 5.41) is 2.92. The molecule has 3 saturated heterocycles. The van der Waals surface area contributed by atoms with Crippen molar-refractivity contribution < 1.29 is 14.3 Å². The summed E-state index contributed by atoms with van der Waals surface area (Å²) in [6, 6.07) is 0. The lowest BCUT2D eigenvalue weighted by molar-refractivity contribution is -0.143. The van der Waals surface area contributed by atoms with Crippen molar-refractivity contribution in [2.45, 2.75) is 19.8 Å². The standard InChI is InChI=1S/C19H28N4O3S/c1-14-20-16(11-27-14)8-17(24)23-9-15-10-26-13-19(15,12-23)18(25)22-5-3-4-21(2)6-7-22/h11,15H,3-10,12-13H2,1-2H3/t15-,19-/m0/s1. The number of fused-ring (bicyclic) bond motifs is 1. The molecule has 148 valence electrons. The van der Waals surface area contributed by atoms with Crippen LogP contribution >= 0.6 is 11.3 Å². The monoisotopic (exact) mass is 392 g/mol. The molecule has 8 heteroatoms. The number of hydrogen-bond donors (Lipinski definition) is 0. The zero-order valence-corrected chi connectivity index (χ0v) is 17.0. The van der Waals surface area contributed by atoms with E-state index in [1.165, 1.54) is 0 Å². The number of aryl methyl sites for hydroxylation is 1. The highest BCUT2D eigenvalue weighted by atomic mass is 32.1. The van der Waals surface area contributed by atoms with E-state index in [0.717, 1.165) is 43.3 Å². The van der Waals surface area contributed by atoms with Crippen molar-refractivity contribution in [3.05, 3.63) is 16.1 Å². The van der Waals surface area contributed by atoms with Crippen LogP contribution < -0.4 is 0 Å². The van der Waals surface area contributed by atoms with Gasteiger partial charge in [0.15, 0.2) is 0 Å². The van der Waals surface area contributed by atoms with Crippen LogP contribution in [-0.2, 0) is 20.7 Å². The second-order valence-electron chi connectivity index (χ2n) is 8.13. The van der Waals surface area contributed by atoms with Gasteiger partial charge in [-0.15, -0.1) is 11.3 Å². The number of hydrogen-bond acceptors (Lipinski definition) is 6. The molecule has 0 spiro atoms. The zero-order chi connectivity index (χ0) is 19.0. The second-order valence-corrected chi connectivity index (χ2v) is 9.19. The molecule has 2 atom stereocenters. The number of carbonyl (C=O) groups excluding carboxylic acids is 2. The second kappa shape index (κ2) is 7.48. The van der Waals surface area contributed by atoms with E-state index >= 15 is 0 Å². The normalized spacial score (nSPS) is 29.0. The van der Waals surface area contributed by atoms with Gasteiger partial charge in [-0.3, -0.25) is 9.59 Å². The summed E-state index contributed by atoms with van der Waals surface area (Å²) in [7, 11) is 2.10. The maximum absolute atomic E-state index is 13.5. The van der Waals surface area contributed by atoms with Crippen LogP contribution in [-0.4, -0.2) is 91.0 Å². The van der Waals surface area contributed by atoms with Crippen LogP contribution in [0.4, 0.5) is 0 Å². The fraction of sp³-hybridized carbons (Fsp3) is 0.737. The Morgan fingerprint density at radius 1 is 1.30 bits per heavy atom. The third-order valence-electron chi connectivity index (χ3n) is 6.16. The van der Waals surface area contributed by atoms with E-state index in [9.17, 15) is 9.59 Å². The highest BCUT2D eigenvalue weighted by Crippen LogP contribution is 2.43. The van der Waals surface area contributed by atoms with Crippen molar-refractivity contribution in [2.75, 3.05) is 59.5 Å². The van der Waals surface area contributed by atoms with Gasteiger partial charge < -0.3 is 19.4 Å². The van der Waals surface area contributed by atoms with E-state index in [-0.39, 0.29) is 17.7 Å². The molecule has 3 aliphatic heterocycles. The number of likely N-dealkylation sites (N-methyl/N-ethyl adjacent to an activating group) is 1. The highest BCUT2D eigenvalue weighted by molar-refractivity contribution is 7.09. The van der Waals surface area contributed by atoms with Gasteiger partial charge in [0.25, 0.3) is 0 Å². The third-order valence-corrected chi connectivity index (χ3v) is 6.98. The lowest BCUT2D eigenvalue weighted by Crippen LogP contribution is -2.50. The summed E-state index contributed by atoms with van der Waals surface area (Å²) >= 11 is 1.56.